The molecule has 0 bridgehead atoms. The van der Waals surface area contributed by atoms with Gasteiger partial charge in [-0.25, -0.2) is 4.98 Å². The minimum absolute atomic E-state index is 0.0652. The Hall–Kier alpha value is -3.75. The summed E-state index contributed by atoms with van der Waals surface area (Å²) in [5.74, 6) is 0.354. The van der Waals surface area contributed by atoms with Crippen molar-refractivity contribution in [1.82, 2.24) is 14.8 Å². The number of benzene rings is 2. The lowest BCUT2D eigenvalue weighted by Gasteiger charge is -2.42. The third kappa shape index (κ3) is 5.50. The van der Waals surface area contributed by atoms with E-state index in [0.717, 1.165) is 30.0 Å². The third-order valence-corrected chi connectivity index (χ3v) is 6.93. The molecular formula is C29H32N4O4. The molecule has 1 fully saturated rings. The highest BCUT2D eigenvalue weighted by Gasteiger charge is 2.44. The molecule has 2 aliphatic rings. The Morgan fingerprint density at radius 2 is 1.78 bits per heavy atom. The molecule has 3 heterocycles. The lowest BCUT2D eigenvalue weighted by molar-refractivity contribution is -0.119. The Bertz CT molecular complexity index is 1210. The molecule has 5 rings (SSSR count). The predicted molar refractivity (Wildman–Crippen MR) is 141 cm³/mol. The smallest absolute Gasteiger partial charge is 0.254 e. The van der Waals surface area contributed by atoms with Crippen LogP contribution in [0.5, 0.6) is 5.75 Å². The molecule has 0 spiro atoms. The summed E-state index contributed by atoms with van der Waals surface area (Å²) in [6, 6.07) is 20.1. The van der Waals surface area contributed by atoms with Crippen LogP contribution in [0.25, 0.3) is 0 Å². The highest BCUT2D eigenvalue weighted by molar-refractivity contribution is 6.04. The number of carbonyl (C=O) groups is 2. The number of fused-ring (bicyclic) bond motifs is 1. The first-order valence-corrected chi connectivity index (χ1v) is 12.8. The first-order valence-electron chi connectivity index (χ1n) is 12.8. The van der Waals surface area contributed by atoms with Gasteiger partial charge in [-0.3, -0.25) is 14.5 Å². The van der Waals surface area contributed by atoms with Gasteiger partial charge in [0.1, 0.15) is 11.6 Å². The maximum absolute atomic E-state index is 13.9. The van der Waals surface area contributed by atoms with Crippen molar-refractivity contribution >= 4 is 17.6 Å². The van der Waals surface area contributed by atoms with Gasteiger partial charge in [-0.1, -0.05) is 36.4 Å². The molecule has 3 aromatic rings. The van der Waals surface area contributed by atoms with Crippen LogP contribution in [0, 0.1) is 0 Å². The van der Waals surface area contributed by atoms with Gasteiger partial charge < -0.3 is 19.7 Å². The predicted octanol–water partition coefficient (Wildman–Crippen LogP) is 3.73. The lowest BCUT2D eigenvalue weighted by atomic mass is 9.79. The van der Waals surface area contributed by atoms with Crippen molar-refractivity contribution < 1.29 is 19.1 Å². The largest absolute Gasteiger partial charge is 0.494 e. The molecule has 0 unspecified atom stereocenters. The average molecular weight is 501 g/mol. The van der Waals surface area contributed by atoms with Crippen molar-refractivity contribution in [2.24, 2.45) is 0 Å². The fraction of sp³-hybridized carbons (Fsp3) is 0.345. The van der Waals surface area contributed by atoms with Gasteiger partial charge in [0.2, 0.25) is 5.91 Å². The minimum atomic E-state index is -0.612. The van der Waals surface area contributed by atoms with Gasteiger partial charge in [0.15, 0.2) is 0 Å². The summed E-state index contributed by atoms with van der Waals surface area (Å²) in [6.07, 6.45) is 1.65. The zero-order valence-electron chi connectivity index (χ0n) is 21.0. The molecule has 1 aromatic heterocycles. The monoisotopic (exact) mass is 500 g/mol. The fourth-order valence-corrected chi connectivity index (χ4v) is 5.13. The zero-order valence-corrected chi connectivity index (χ0v) is 21.0. The number of hydrogen-bond donors (Lipinski definition) is 1. The lowest BCUT2D eigenvalue weighted by Crippen LogP contribution is -2.49. The summed E-state index contributed by atoms with van der Waals surface area (Å²) in [7, 11) is 0. The molecule has 8 nitrogen and oxygen atoms in total. The van der Waals surface area contributed by atoms with E-state index in [1.54, 1.807) is 18.3 Å². The first-order chi connectivity index (χ1) is 18.2. The van der Waals surface area contributed by atoms with E-state index in [4.69, 9.17) is 9.47 Å². The standard InChI is InChI=1S/C29H32N4O4/c1-2-37-22-12-10-21(11-13-22)27-26(28(34)31-25-9-5-6-14-30-25)23-7-3-4-8-24(23)29(35)33(27)16-15-32-17-19-36-20-18-32/h3-14,26-27H,2,15-20H2,1H3,(H,30,31,34)/t26-,27-/m1/s1. The molecule has 2 aromatic carbocycles. The number of carbonyl (C=O) groups excluding carboxylic acids is 2. The van der Waals surface area contributed by atoms with Gasteiger partial charge in [-0.2, -0.15) is 0 Å². The Morgan fingerprint density at radius 1 is 1.03 bits per heavy atom. The summed E-state index contributed by atoms with van der Waals surface area (Å²) >= 11 is 0. The van der Waals surface area contributed by atoms with E-state index < -0.39 is 12.0 Å². The number of amides is 2. The van der Waals surface area contributed by atoms with E-state index in [1.165, 1.54) is 0 Å². The average Bonchev–Trinajstić information content (AvgIpc) is 2.94. The second-order valence-electron chi connectivity index (χ2n) is 9.17. The van der Waals surface area contributed by atoms with Crippen molar-refractivity contribution in [2.45, 2.75) is 18.9 Å². The second-order valence-corrected chi connectivity index (χ2v) is 9.17. The molecule has 1 saturated heterocycles. The minimum Gasteiger partial charge on any atom is -0.494 e. The van der Waals surface area contributed by atoms with Gasteiger partial charge in [-0.15, -0.1) is 0 Å². The number of anilines is 1. The van der Waals surface area contributed by atoms with E-state index in [9.17, 15) is 9.59 Å². The number of morpholine rings is 1. The number of ether oxygens (including phenoxy) is 2. The van der Waals surface area contributed by atoms with Crippen LogP contribution in [0.1, 0.15) is 40.4 Å². The van der Waals surface area contributed by atoms with Crippen LogP contribution in [0.3, 0.4) is 0 Å². The van der Waals surface area contributed by atoms with Crippen molar-refractivity contribution in [1.29, 1.82) is 0 Å². The SMILES string of the molecule is CCOc1ccc([C@@H]2[C@H](C(=O)Nc3ccccn3)c3ccccc3C(=O)N2CCN2CCOCC2)cc1. The van der Waals surface area contributed by atoms with E-state index in [2.05, 4.69) is 15.2 Å². The number of nitrogens with one attached hydrogen (secondary N) is 1. The fourth-order valence-electron chi connectivity index (χ4n) is 5.13. The van der Waals surface area contributed by atoms with E-state index in [0.29, 0.717) is 44.3 Å². The summed E-state index contributed by atoms with van der Waals surface area (Å²) in [5.41, 5.74) is 2.17. The number of pyridine rings is 1. The number of aromatic nitrogens is 1. The first kappa shape index (κ1) is 24.9. The normalized spacial score (nSPS) is 19.8. The van der Waals surface area contributed by atoms with E-state index in [-0.39, 0.29) is 11.8 Å². The van der Waals surface area contributed by atoms with Crippen LogP contribution in [0.2, 0.25) is 0 Å². The van der Waals surface area contributed by atoms with Crippen molar-refractivity contribution in [3.05, 3.63) is 89.6 Å². The number of nitrogens with zero attached hydrogens (tertiary/aromatic N) is 3. The van der Waals surface area contributed by atoms with Crippen molar-refractivity contribution in [3.63, 3.8) is 0 Å². The Morgan fingerprint density at radius 3 is 2.51 bits per heavy atom. The molecule has 8 heteroatoms. The van der Waals surface area contributed by atoms with Crippen molar-refractivity contribution in [3.8, 4) is 5.75 Å². The number of rotatable bonds is 8. The molecular weight excluding hydrogens is 468 g/mol. The van der Waals surface area contributed by atoms with Crippen LogP contribution < -0.4 is 10.1 Å². The highest BCUT2D eigenvalue weighted by atomic mass is 16.5. The molecule has 37 heavy (non-hydrogen) atoms. The molecule has 2 aliphatic heterocycles. The molecule has 1 N–H and O–H groups in total. The summed E-state index contributed by atoms with van der Waals surface area (Å²) in [5, 5.41) is 2.99. The molecule has 0 saturated carbocycles. The van der Waals surface area contributed by atoms with Crippen LogP contribution in [-0.2, 0) is 9.53 Å². The maximum Gasteiger partial charge on any atom is 0.254 e. The van der Waals surface area contributed by atoms with Gasteiger partial charge in [0.25, 0.3) is 5.91 Å². The maximum atomic E-state index is 13.9. The quantitative estimate of drug-likeness (QED) is 0.508. The van der Waals surface area contributed by atoms with Crippen LogP contribution in [0.4, 0.5) is 5.82 Å². The topological polar surface area (TPSA) is 84.0 Å². The Balaban J connectivity index is 1.54. The van der Waals surface area contributed by atoms with Gasteiger partial charge in [0.05, 0.1) is 31.8 Å². The Kier molecular flexibility index (Phi) is 7.77. The number of hydrogen-bond acceptors (Lipinski definition) is 6. The molecule has 2 atom stereocenters. The van der Waals surface area contributed by atoms with E-state index >= 15 is 0 Å². The Labute approximate surface area is 217 Å². The molecule has 2 amide bonds. The molecule has 0 aliphatic carbocycles. The van der Waals surface area contributed by atoms with Crippen molar-refractivity contribution in [2.75, 3.05) is 51.3 Å². The molecule has 0 radical (unpaired) electrons. The van der Waals surface area contributed by atoms with Crippen LogP contribution in [-0.4, -0.2) is 72.6 Å². The second kappa shape index (κ2) is 11.5. The van der Waals surface area contributed by atoms with Crippen LogP contribution in [0.15, 0.2) is 72.9 Å². The zero-order chi connectivity index (χ0) is 25.6. The molecule has 192 valence electrons. The summed E-state index contributed by atoms with van der Waals surface area (Å²) in [4.78, 5) is 36.2. The van der Waals surface area contributed by atoms with Gasteiger partial charge in [0, 0.05) is 37.9 Å². The van der Waals surface area contributed by atoms with Crippen LogP contribution >= 0.6 is 0 Å². The third-order valence-electron chi connectivity index (χ3n) is 6.93. The van der Waals surface area contributed by atoms with Gasteiger partial charge in [-0.05, 0) is 48.4 Å². The van der Waals surface area contributed by atoms with E-state index in [1.807, 2.05) is 66.4 Å². The summed E-state index contributed by atoms with van der Waals surface area (Å²) < 4.78 is 11.1. The van der Waals surface area contributed by atoms with Gasteiger partial charge >= 0.3 is 0 Å². The highest BCUT2D eigenvalue weighted by Crippen LogP contribution is 2.43. The summed E-state index contributed by atoms with van der Waals surface area (Å²) in [6.45, 7) is 6.75.